The van der Waals surface area contributed by atoms with Gasteiger partial charge in [-0.3, -0.25) is 4.79 Å². The van der Waals surface area contributed by atoms with Gasteiger partial charge >= 0.3 is 0 Å². The van der Waals surface area contributed by atoms with Gasteiger partial charge in [0.15, 0.2) is 11.5 Å². The summed E-state index contributed by atoms with van der Waals surface area (Å²) in [5, 5.41) is 4.04. The fraction of sp³-hybridized carbons (Fsp3) is 0.438. The summed E-state index contributed by atoms with van der Waals surface area (Å²) in [5.41, 5.74) is 1.72. The first-order chi connectivity index (χ1) is 11.2. The zero-order valence-electron chi connectivity index (χ0n) is 13.2. The fourth-order valence-electron chi connectivity index (χ4n) is 2.64. The number of hydrogen-bond donors (Lipinski definition) is 0. The summed E-state index contributed by atoms with van der Waals surface area (Å²) < 4.78 is 15.1. The first kappa shape index (κ1) is 15.7. The molecule has 1 aromatic heterocycles. The molecule has 1 aromatic carbocycles. The topological polar surface area (TPSA) is 64.6 Å². The molecule has 2 aromatic rings. The molecular weight excluding hydrogens is 314 g/mol. The standard InChI is InChI=1S/C16H19N3O3S/c1-3-12-15(23-18-17-12)16(20)19-8-5-9-22-14-11(10-19)6-4-7-13(14)21-2/h4,6-7H,3,5,8-10H2,1-2H3. The number of nitrogens with zero attached hydrogens (tertiary/aromatic N) is 3. The van der Waals surface area contributed by atoms with E-state index in [4.69, 9.17) is 9.47 Å². The van der Waals surface area contributed by atoms with Crippen LogP contribution in [0.5, 0.6) is 11.5 Å². The maximum absolute atomic E-state index is 12.9. The van der Waals surface area contributed by atoms with Gasteiger partial charge in [-0.2, -0.15) is 0 Å². The molecule has 0 aliphatic carbocycles. The van der Waals surface area contributed by atoms with Crippen LogP contribution in [0.15, 0.2) is 18.2 Å². The summed E-state index contributed by atoms with van der Waals surface area (Å²) >= 11 is 1.17. The van der Waals surface area contributed by atoms with Crippen LogP contribution in [0, 0.1) is 0 Å². The number of para-hydroxylation sites is 1. The first-order valence-corrected chi connectivity index (χ1v) is 8.41. The number of aryl methyl sites for hydroxylation is 1. The van der Waals surface area contributed by atoms with Crippen LogP contribution in [-0.2, 0) is 13.0 Å². The van der Waals surface area contributed by atoms with Crippen molar-refractivity contribution in [2.24, 2.45) is 0 Å². The lowest BCUT2D eigenvalue weighted by atomic mass is 10.1. The molecule has 0 saturated carbocycles. The molecule has 7 heteroatoms. The Kier molecular flexibility index (Phi) is 4.76. The summed E-state index contributed by atoms with van der Waals surface area (Å²) in [6, 6.07) is 5.75. The van der Waals surface area contributed by atoms with Gasteiger partial charge in [-0.15, -0.1) is 5.10 Å². The lowest BCUT2D eigenvalue weighted by molar-refractivity contribution is 0.0725. The Labute approximate surface area is 139 Å². The smallest absolute Gasteiger partial charge is 0.267 e. The van der Waals surface area contributed by atoms with E-state index in [2.05, 4.69) is 9.59 Å². The second kappa shape index (κ2) is 6.95. The molecule has 2 heterocycles. The van der Waals surface area contributed by atoms with Crippen molar-refractivity contribution in [3.8, 4) is 11.5 Å². The molecule has 0 unspecified atom stereocenters. The van der Waals surface area contributed by atoms with E-state index >= 15 is 0 Å². The highest BCUT2D eigenvalue weighted by Gasteiger charge is 2.25. The molecule has 1 aliphatic heterocycles. The molecule has 23 heavy (non-hydrogen) atoms. The molecule has 0 atom stereocenters. The van der Waals surface area contributed by atoms with Crippen LogP contribution in [-0.4, -0.2) is 40.7 Å². The van der Waals surface area contributed by atoms with Crippen LogP contribution < -0.4 is 9.47 Å². The normalized spacial score (nSPS) is 14.4. The Morgan fingerprint density at radius 2 is 2.35 bits per heavy atom. The van der Waals surface area contributed by atoms with Gasteiger partial charge in [-0.05, 0) is 30.4 Å². The molecule has 0 saturated heterocycles. The van der Waals surface area contributed by atoms with Crippen molar-refractivity contribution in [1.29, 1.82) is 0 Å². The van der Waals surface area contributed by atoms with Gasteiger partial charge in [0.1, 0.15) is 4.88 Å². The molecule has 1 aliphatic rings. The van der Waals surface area contributed by atoms with E-state index in [1.165, 1.54) is 11.5 Å². The van der Waals surface area contributed by atoms with E-state index in [-0.39, 0.29) is 5.91 Å². The highest BCUT2D eigenvalue weighted by atomic mass is 32.1. The van der Waals surface area contributed by atoms with Gasteiger partial charge in [0, 0.05) is 18.7 Å². The number of rotatable bonds is 3. The number of hydrogen-bond acceptors (Lipinski definition) is 6. The number of fused-ring (bicyclic) bond motifs is 1. The third-order valence-corrected chi connectivity index (χ3v) is 4.59. The Morgan fingerprint density at radius 3 is 3.13 bits per heavy atom. The maximum atomic E-state index is 12.9. The lowest BCUT2D eigenvalue weighted by Crippen LogP contribution is -2.33. The Hall–Kier alpha value is -2.15. The molecule has 0 spiro atoms. The van der Waals surface area contributed by atoms with Crippen molar-refractivity contribution >= 4 is 17.4 Å². The van der Waals surface area contributed by atoms with E-state index in [1.807, 2.05) is 30.0 Å². The van der Waals surface area contributed by atoms with Crippen molar-refractivity contribution in [3.05, 3.63) is 34.3 Å². The summed E-state index contributed by atoms with van der Waals surface area (Å²) in [7, 11) is 1.62. The van der Waals surface area contributed by atoms with E-state index < -0.39 is 0 Å². The van der Waals surface area contributed by atoms with Crippen LogP contribution in [0.25, 0.3) is 0 Å². The number of amides is 1. The zero-order chi connectivity index (χ0) is 16.2. The van der Waals surface area contributed by atoms with Gasteiger partial charge in [-0.25, -0.2) is 0 Å². The van der Waals surface area contributed by atoms with Gasteiger partial charge in [0.25, 0.3) is 5.91 Å². The Bertz CT molecular complexity index is 702. The monoisotopic (exact) mass is 333 g/mol. The van der Waals surface area contributed by atoms with Crippen molar-refractivity contribution in [2.45, 2.75) is 26.3 Å². The maximum Gasteiger partial charge on any atom is 0.267 e. The average Bonchev–Trinajstić information content (AvgIpc) is 3.03. The van der Waals surface area contributed by atoms with Gasteiger partial charge in [0.05, 0.1) is 19.4 Å². The summed E-state index contributed by atoms with van der Waals surface area (Å²) in [5.74, 6) is 1.42. The number of carbonyl (C=O) groups excluding carboxylic acids is 1. The molecule has 0 fully saturated rings. The quantitative estimate of drug-likeness (QED) is 0.863. The SMILES string of the molecule is CCc1nnsc1C(=O)N1CCCOc2c(cccc2OC)C1. The van der Waals surface area contributed by atoms with Crippen LogP contribution in [0.1, 0.15) is 34.3 Å². The minimum Gasteiger partial charge on any atom is -0.493 e. The Morgan fingerprint density at radius 1 is 1.48 bits per heavy atom. The molecular formula is C16H19N3O3S. The predicted octanol–water partition coefficient (Wildman–Crippen LogP) is 2.53. The van der Waals surface area contributed by atoms with Gasteiger partial charge in [0.2, 0.25) is 0 Å². The predicted molar refractivity (Wildman–Crippen MR) is 87.1 cm³/mol. The van der Waals surface area contributed by atoms with Crippen LogP contribution in [0.4, 0.5) is 0 Å². The highest BCUT2D eigenvalue weighted by molar-refractivity contribution is 7.08. The van der Waals surface area contributed by atoms with E-state index in [0.717, 1.165) is 23.4 Å². The minimum absolute atomic E-state index is 0.00693. The van der Waals surface area contributed by atoms with E-state index in [9.17, 15) is 4.79 Å². The number of methoxy groups -OCH3 is 1. The zero-order valence-corrected chi connectivity index (χ0v) is 14.1. The third-order valence-electron chi connectivity index (χ3n) is 3.83. The summed E-state index contributed by atoms with van der Waals surface area (Å²) in [6.45, 7) is 3.68. The largest absolute Gasteiger partial charge is 0.493 e. The van der Waals surface area contributed by atoms with Crippen molar-refractivity contribution < 1.29 is 14.3 Å². The lowest BCUT2D eigenvalue weighted by Gasteiger charge is -2.27. The van der Waals surface area contributed by atoms with E-state index in [1.54, 1.807) is 7.11 Å². The minimum atomic E-state index is -0.00693. The number of benzene rings is 1. The first-order valence-electron chi connectivity index (χ1n) is 7.63. The molecule has 6 nitrogen and oxygen atoms in total. The second-order valence-electron chi connectivity index (χ2n) is 5.28. The summed E-state index contributed by atoms with van der Waals surface area (Å²) in [4.78, 5) is 15.3. The summed E-state index contributed by atoms with van der Waals surface area (Å²) in [6.07, 6.45) is 1.48. The Balaban J connectivity index is 1.90. The molecule has 122 valence electrons. The number of ether oxygens (including phenoxy) is 2. The average molecular weight is 333 g/mol. The third kappa shape index (κ3) is 3.14. The van der Waals surface area contributed by atoms with Crippen molar-refractivity contribution in [1.82, 2.24) is 14.5 Å². The molecule has 3 rings (SSSR count). The van der Waals surface area contributed by atoms with Gasteiger partial charge in [-0.1, -0.05) is 23.5 Å². The fourth-order valence-corrected chi connectivity index (χ4v) is 3.36. The number of carbonyl (C=O) groups is 1. The molecule has 1 amide bonds. The van der Waals surface area contributed by atoms with Crippen LogP contribution >= 0.6 is 11.5 Å². The van der Waals surface area contributed by atoms with Crippen molar-refractivity contribution in [3.63, 3.8) is 0 Å². The van der Waals surface area contributed by atoms with Gasteiger partial charge < -0.3 is 14.4 Å². The van der Waals surface area contributed by atoms with E-state index in [0.29, 0.717) is 36.7 Å². The molecule has 0 bridgehead atoms. The number of aromatic nitrogens is 2. The molecule has 0 N–H and O–H groups in total. The van der Waals surface area contributed by atoms with Crippen molar-refractivity contribution in [2.75, 3.05) is 20.3 Å². The van der Waals surface area contributed by atoms with Crippen LogP contribution in [0.2, 0.25) is 0 Å². The molecule has 0 radical (unpaired) electrons. The highest BCUT2D eigenvalue weighted by Crippen LogP contribution is 2.33. The second-order valence-corrected chi connectivity index (χ2v) is 6.03. The van der Waals surface area contributed by atoms with Crippen LogP contribution in [0.3, 0.4) is 0 Å².